The Kier molecular flexibility index (Phi) is 64.4. The number of phosphoric ester groups is 2. The Morgan fingerprint density at radius 3 is 0.937 bits per heavy atom. The predicted molar refractivity (Wildman–Crippen MR) is 386 cm³/mol. The molecule has 19 heteroatoms. The van der Waals surface area contributed by atoms with Gasteiger partial charge in [-0.15, -0.1) is 0 Å². The van der Waals surface area contributed by atoms with Gasteiger partial charge in [-0.25, -0.2) is 9.13 Å². The molecule has 0 aliphatic carbocycles. The number of aliphatic hydroxyl groups is 1. The van der Waals surface area contributed by atoms with Crippen LogP contribution in [0.25, 0.3) is 0 Å². The lowest BCUT2D eigenvalue weighted by Gasteiger charge is -2.21. The van der Waals surface area contributed by atoms with E-state index in [9.17, 15) is 43.2 Å². The van der Waals surface area contributed by atoms with Crippen molar-refractivity contribution in [3.8, 4) is 0 Å². The molecule has 560 valence electrons. The number of esters is 4. The first-order valence-electron chi connectivity index (χ1n) is 38.7. The minimum absolute atomic E-state index is 0.101. The summed E-state index contributed by atoms with van der Waals surface area (Å²) in [5, 5.41) is 10.6. The number of hydrogen-bond acceptors (Lipinski definition) is 15. The fourth-order valence-corrected chi connectivity index (χ4v) is 12.6. The Morgan fingerprint density at radius 1 is 0.347 bits per heavy atom. The van der Waals surface area contributed by atoms with Crippen LogP contribution < -0.4 is 0 Å². The fourth-order valence-electron chi connectivity index (χ4n) is 11.0. The van der Waals surface area contributed by atoms with Crippen LogP contribution in [0.2, 0.25) is 0 Å². The number of hydrogen-bond donors (Lipinski definition) is 3. The zero-order valence-electron chi connectivity index (χ0n) is 61.6. The molecular formula is C76H144O17P2. The van der Waals surface area contributed by atoms with Gasteiger partial charge in [0, 0.05) is 25.7 Å². The third kappa shape index (κ3) is 68.5. The van der Waals surface area contributed by atoms with Crippen molar-refractivity contribution in [3.05, 3.63) is 24.3 Å². The van der Waals surface area contributed by atoms with Gasteiger partial charge in [0.2, 0.25) is 0 Å². The number of aliphatic hydroxyl groups excluding tert-OH is 1. The largest absolute Gasteiger partial charge is 0.472 e. The van der Waals surface area contributed by atoms with E-state index in [-0.39, 0.29) is 25.7 Å². The van der Waals surface area contributed by atoms with Crippen molar-refractivity contribution < 1.29 is 80.2 Å². The second-order valence-electron chi connectivity index (χ2n) is 27.9. The summed E-state index contributed by atoms with van der Waals surface area (Å²) < 4.78 is 68.4. The van der Waals surface area contributed by atoms with Crippen LogP contribution in [0.5, 0.6) is 0 Å². The summed E-state index contributed by atoms with van der Waals surface area (Å²) >= 11 is 0. The highest BCUT2D eigenvalue weighted by Gasteiger charge is 2.30. The summed E-state index contributed by atoms with van der Waals surface area (Å²) in [7, 11) is -9.92. The molecule has 0 spiro atoms. The second kappa shape index (κ2) is 66.1. The van der Waals surface area contributed by atoms with Gasteiger partial charge in [0.15, 0.2) is 12.2 Å². The molecule has 0 saturated heterocycles. The van der Waals surface area contributed by atoms with Gasteiger partial charge in [0.25, 0.3) is 0 Å². The summed E-state index contributed by atoms with van der Waals surface area (Å²) in [6.07, 6.45) is 55.1. The lowest BCUT2D eigenvalue weighted by atomic mass is 10.00. The minimum atomic E-state index is -4.97. The Balaban J connectivity index is 5.27. The number of carbonyl (C=O) groups is 4. The van der Waals surface area contributed by atoms with Crippen LogP contribution in [-0.4, -0.2) is 96.7 Å². The van der Waals surface area contributed by atoms with Crippen LogP contribution in [0.1, 0.15) is 363 Å². The molecule has 0 radical (unpaired) electrons. The van der Waals surface area contributed by atoms with Crippen LogP contribution in [-0.2, 0) is 65.4 Å². The van der Waals surface area contributed by atoms with Gasteiger partial charge in [-0.1, -0.05) is 310 Å². The average molecular weight is 1390 g/mol. The first kappa shape index (κ1) is 92.5. The van der Waals surface area contributed by atoms with Crippen molar-refractivity contribution in [2.75, 3.05) is 39.6 Å². The van der Waals surface area contributed by atoms with E-state index in [4.69, 9.17) is 37.0 Å². The van der Waals surface area contributed by atoms with E-state index in [2.05, 4.69) is 72.8 Å². The minimum Gasteiger partial charge on any atom is -0.462 e. The summed E-state index contributed by atoms with van der Waals surface area (Å²) in [5.74, 6) is 0.102. The Hall–Kier alpha value is -2.46. The topological polar surface area (TPSA) is 237 Å². The SMILES string of the molecule is CCCCCC/C=C\C=C/CCCCCCCC(=O)OC[C@H](COP(=O)(O)OC[C@@H](O)COP(=O)(O)OC[C@@H](COC(=O)CCCCCCCCC(C)CC)OC(=O)CCCCCCCCCCC(C)C)OC(=O)CCCCCCCCCCCCCCCCCCC(C)C. The number of unbranched alkanes of at least 4 members (excludes halogenated alkanes) is 36. The van der Waals surface area contributed by atoms with E-state index in [0.717, 1.165) is 127 Å². The van der Waals surface area contributed by atoms with Gasteiger partial charge in [0.05, 0.1) is 26.4 Å². The van der Waals surface area contributed by atoms with E-state index in [1.165, 1.54) is 148 Å². The van der Waals surface area contributed by atoms with Gasteiger partial charge in [-0.2, -0.15) is 0 Å². The van der Waals surface area contributed by atoms with E-state index >= 15 is 0 Å². The van der Waals surface area contributed by atoms with Crippen LogP contribution in [0.3, 0.4) is 0 Å². The predicted octanol–water partition coefficient (Wildman–Crippen LogP) is 21.7. The fraction of sp³-hybridized carbons (Fsp3) is 0.895. The molecule has 3 unspecified atom stereocenters. The maximum Gasteiger partial charge on any atom is 0.472 e. The van der Waals surface area contributed by atoms with Gasteiger partial charge in [0.1, 0.15) is 19.3 Å². The monoisotopic (exact) mass is 1390 g/mol. The van der Waals surface area contributed by atoms with Gasteiger partial charge in [-0.3, -0.25) is 37.3 Å². The highest BCUT2D eigenvalue weighted by atomic mass is 31.2. The van der Waals surface area contributed by atoms with E-state index < -0.39 is 97.5 Å². The smallest absolute Gasteiger partial charge is 0.462 e. The summed E-state index contributed by atoms with van der Waals surface area (Å²) in [6, 6.07) is 0. The van der Waals surface area contributed by atoms with Crippen molar-refractivity contribution >= 4 is 39.5 Å². The number of carbonyl (C=O) groups excluding carboxylic acids is 4. The number of phosphoric acid groups is 2. The Morgan fingerprint density at radius 2 is 0.621 bits per heavy atom. The molecule has 6 atom stereocenters. The maximum atomic E-state index is 13.1. The van der Waals surface area contributed by atoms with Crippen molar-refractivity contribution in [2.24, 2.45) is 17.8 Å². The molecule has 0 aromatic carbocycles. The third-order valence-corrected chi connectivity index (χ3v) is 19.3. The third-order valence-electron chi connectivity index (χ3n) is 17.4. The average Bonchev–Trinajstić information content (AvgIpc) is 1.50. The zero-order chi connectivity index (χ0) is 70.1. The van der Waals surface area contributed by atoms with Crippen LogP contribution >= 0.6 is 15.6 Å². The molecular weight excluding hydrogens is 1250 g/mol. The van der Waals surface area contributed by atoms with Gasteiger partial charge < -0.3 is 33.8 Å². The van der Waals surface area contributed by atoms with Gasteiger partial charge in [-0.05, 0) is 69.1 Å². The van der Waals surface area contributed by atoms with Crippen molar-refractivity contribution in [3.63, 3.8) is 0 Å². The number of rotatable bonds is 72. The maximum absolute atomic E-state index is 13.1. The molecule has 0 aliphatic rings. The first-order chi connectivity index (χ1) is 45.8. The van der Waals surface area contributed by atoms with Crippen LogP contribution in [0.15, 0.2) is 24.3 Å². The second-order valence-corrected chi connectivity index (χ2v) is 30.8. The normalized spacial score (nSPS) is 14.5. The van der Waals surface area contributed by atoms with Crippen molar-refractivity contribution in [1.82, 2.24) is 0 Å². The molecule has 0 aliphatic heterocycles. The number of allylic oxidation sites excluding steroid dienone is 4. The first-order valence-corrected chi connectivity index (χ1v) is 41.7. The highest BCUT2D eigenvalue weighted by molar-refractivity contribution is 7.47. The van der Waals surface area contributed by atoms with Crippen LogP contribution in [0, 0.1) is 17.8 Å². The van der Waals surface area contributed by atoms with E-state index in [1.54, 1.807) is 0 Å². The quantitative estimate of drug-likeness (QED) is 0.0169. The van der Waals surface area contributed by atoms with Crippen LogP contribution in [0.4, 0.5) is 0 Å². The molecule has 0 fully saturated rings. The van der Waals surface area contributed by atoms with Crippen molar-refractivity contribution in [1.29, 1.82) is 0 Å². The number of ether oxygens (including phenoxy) is 4. The molecule has 0 heterocycles. The summed E-state index contributed by atoms with van der Waals surface area (Å²) in [6.45, 7) is 11.8. The van der Waals surface area contributed by atoms with Gasteiger partial charge >= 0.3 is 39.5 Å². The highest BCUT2D eigenvalue weighted by Crippen LogP contribution is 2.45. The Bertz CT molecular complexity index is 1950. The molecule has 0 aromatic heterocycles. The molecule has 0 rings (SSSR count). The molecule has 0 bridgehead atoms. The van der Waals surface area contributed by atoms with E-state index in [0.29, 0.717) is 31.6 Å². The zero-order valence-corrected chi connectivity index (χ0v) is 63.4. The Labute approximate surface area is 580 Å². The molecule has 0 aromatic rings. The molecule has 95 heavy (non-hydrogen) atoms. The molecule has 3 N–H and O–H groups in total. The lowest BCUT2D eigenvalue weighted by molar-refractivity contribution is -0.161. The van der Waals surface area contributed by atoms with E-state index in [1.807, 2.05) is 0 Å². The molecule has 0 saturated carbocycles. The molecule has 0 amide bonds. The standard InChI is InChI=1S/C76H144O17P2/c1-8-10-11-12-13-14-15-16-19-23-26-29-35-43-50-57-73(78)86-63-71(92-75(80)59-52-45-36-30-27-24-21-18-17-20-22-25-28-33-40-47-54-67(3)4)65-90-94(82,83)88-61-70(77)62-89-95(84,85)91-66-72(64-87-74(79)58-51-44-39-38-42-49-56-69(7)9-2)93-76(81)60-53-46-37-32-31-34-41-48-55-68(5)6/h14-16,19,67-72,77H,8-13,17-18,20-66H2,1-7H3,(H,82,83)(H,84,85)/b15-14-,19-16-/t69?,70-,71-,72-/m1/s1. The lowest BCUT2D eigenvalue weighted by Crippen LogP contribution is -2.30. The molecule has 17 nitrogen and oxygen atoms in total. The summed E-state index contributed by atoms with van der Waals surface area (Å²) in [5.41, 5.74) is 0. The van der Waals surface area contributed by atoms with Crippen molar-refractivity contribution in [2.45, 2.75) is 381 Å². The summed E-state index contributed by atoms with van der Waals surface area (Å²) in [4.78, 5) is 72.7.